The standard InChI is InChI=1S/C10H10Cl2NO3.K/c1-15-16-10(14)9(13)5-6-2-3-7(11)8(12)4-6;/h2-4,9,13H,5H2,1H3;/q-1;+1. The third-order valence-electron chi connectivity index (χ3n) is 1.87. The van der Waals surface area contributed by atoms with E-state index >= 15 is 0 Å². The topological polar surface area (TPSA) is 59.3 Å². The van der Waals surface area contributed by atoms with Gasteiger partial charge in [-0.2, -0.15) is 4.89 Å². The molecule has 0 bridgehead atoms. The van der Waals surface area contributed by atoms with Crippen molar-refractivity contribution in [1.82, 2.24) is 0 Å². The van der Waals surface area contributed by atoms with Crippen LogP contribution in [0.3, 0.4) is 0 Å². The van der Waals surface area contributed by atoms with Crippen molar-refractivity contribution in [3.05, 3.63) is 39.5 Å². The van der Waals surface area contributed by atoms with Crippen molar-refractivity contribution in [2.45, 2.75) is 12.5 Å². The van der Waals surface area contributed by atoms with Crippen LogP contribution >= 0.6 is 23.2 Å². The Morgan fingerprint density at radius 3 is 2.59 bits per heavy atom. The van der Waals surface area contributed by atoms with Crippen LogP contribution in [0.5, 0.6) is 0 Å². The van der Waals surface area contributed by atoms with Crippen LogP contribution < -0.4 is 51.4 Å². The van der Waals surface area contributed by atoms with Gasteiger partial charge in [0.15, 0.2) is 0 Å². The number of carbonyl (C=O) groups excluding carboxylic acids is 1. The van der Waals surface area contributed by atoms with Gasteiger partial charge in [-0.15, -0.1) is 0 Å². The van der Waals surface area contributed by atoms with Crippen molar-refractivity contribution in [2.75, 3.05) is 7.11 Å². The van der Waals surface area contributed by atoms with E-state index in [1.807, 2.05) is 0 Å². The molecule has 0 spiro atoms. The average Bonchev–Trinajstić information content (AvgIpc) is 2.24. The minimum absolute atomic E-state index is 0. The number of carbonyl (C=O) groups is 1. The number of hydrogen-bond acceptors (Lipinski definition) is 3. The quantitative estimate of drug-likeness (QED) is 0.449. The van der Waals surface area contributed by atoms with Crippen molar-refractivity contribution < 1.29 is 66.0 Å². The molecule has 0 saturated heterocycles. The largest absolute Gasteiger partial charge is 1.00 e. The van der Waals surface area contributed by atoms with Gasteiger partial charge in [-0.1, -0.05) is 29.3 Å². The molecule has 1 atom stereocenters. The molecule has 4 nitrogen and oxygen atoms in total. The Labute approximate surface area is 152 Å². The predicted molar refractivity (Wildman–Crippen MR) is 61.4 cm³/mol. The minimum Gasteiger partial charge on any atom is -0.665 e. The third-order valence-corrected chi connectivity index (χ3v) is 2.61. The minimum atomic E-state index is -1.04. The van der Waals surface area contributed by atoms with Gasteiger partial charge in [-0.3, -0.25) is 4.79 Å². The zero-order valence-electron chi connectivity index (χ0n) is 9.50. The average molecular weight is 302 g/mol. The molecule has 0 saturated carbocycles. The monoisotopic (exact) mass is 301 g/mol. The van der Waals surface area contributed by atoms with Gasteiger partial charge in [0.2, 0.25) is 0 Å². The van der Waals surface area contributed by atoms with Gasteiger partial charge in [0.1, 0.15) is 0 Å². The maximum Gasteiger partial charge on any atom is 1.00 e. The normalized spacial score (nSPS) is 11.5. The molecular formula is C10H10Cl2KNO3. The molecule has 0 fully saturated rings. The molecule has 0 amide bonds. The summed E-state index contributed by atoms with van der Waals surface area (Å²) in [6, 6.07) is 3.90. The Balaban J connectivity index is 0.00000256. The van der Waals surface area contributed by atoms with Crippen molar-refractivity contribution in [2.24, 2.45) is 0 Å². The van der Waals surface area contributed by atoms with Crippen molar-refractivity contribution >= 4 is 29.2 Å². The van der Waals surface area contributed by atoms with Crippen LogP contribution in [0.1, 0.15) is 5.56 Å². The molecule has 0 radical (unpaired) electrons. The first kappa shape index (κ1) is 17.8. The third kappa shape index (κ3) is 6.00. The van der Waals surface area contributed by atoms with E-state index in [0.29, 0.717) is 10.0 Å². The summed E-state index contributed by atoms with van der Waals surface area (Å²) < 4.78 is 0. The second kappa shape index (κ2) is 8.85. The Bertz CT molecular complexity index is 390. The first-order valence-corrected chi connectivity index (χ1v) is 5.19. The van der Waals surface area contributed by atoms with Crippen molar-refractivity contribution in [3.63, 3.8) is 0 Å². The fourth-order valence-electron chi connectivity index (χ4n) is 1.13. The zero-order chi connectivity index (χ0) is 12.1. The van der Waals surface area contributed by atoms with E-state index in [4.69, 9.17) is 28.9 Å². The molecule has 0 aliphatic rings. The Hall–Kier alpha value is 0.826. The summed E-state index contributed by atoms with van der Waals surface area (Å²) in [5.41, 5.74) is 8.25. The van der Waals surface area contributed by atoms with E-state index in [-0.39, 0.29) is 57.8 Å². The first-order chi connectivity index (χ1) is 7.54. The molecule has 1 N–H and O–H groups in total. The summed E-state index contributed by atoms with van der Waals surface area (Å²) in [6.07, 6.45) is 0.194. The molecule has 1 rings (SSSR count). The molecular weight excluding hydrogens is 292 g/mol. The number of halogens is 2. The maximum atomic E-state index is 11.1. The van der Waals surface area contributed by atoms with Crippen LogP contribution in [0.4, 0.5) is 0 Å². The van der Waals surface area contributed by atoms with Crippen molar-refractivity contribution in [3.8, 4) is 0 Å². The van der Waals surface area contributed by atoms with E-state index in [9.17, 15) is 4.79 Å². The molecule has 0 aliphatic carbocycles. The summed E-state index contributed by atoms with van der Waals surface area (Å²) in [4.78, 5) is 19.5. The van der Waals surface area contributed by atoms with Gasteiger partial charge in [-0.25, -0.2) is 0 Å². The summed E-state index contributed by atoms with van der Waals surface area (Å²) in [6.45, 7) is 0. The molecule has 88 valence electrons. The molecule has 1 aromatic rings. The molecule has 0 heterocycles. The van der Waals surface area contributed by atoms with E-state index < -0.39 is 12.0 Å². The Morgan fingerprint density at radius 1 is 1.41 bits per heavy atom. The maximum absolute atomic E-state index is 11.1. The number of hydrogen-bond donors (Lipinski definition) is 0. The first-order valence-electron chi connectivity index (χ1n) is 4.44. The number of nitrogens with one attached hydrogen (secondary N) is 1. The second-order valence-electron chi connectivity index (χ2n) is 3.07. The second-order valence-corrected chi connectivity index (χ2v) is 3.89. The predicted octanol–water partition coefficient (Wildman–Crippen LogP) is 0.0653. The van der Waals surface area contributed by atoms with E-state index in [1.54, 1.807) is 18.2 Å². The van der Waals surface area contributed by atoms with Gasteiger partial charge in [0.05, 0.1) is 17.2 Å². The molecule has 7 heteroatoms. The number of benzene rings is 1. The summed E-state index contributed by atoms with van der Waals surface area (Å²) in [5.74, 6) is -0.742. The van der Waals surface area contributed by atoms with Crippen LogP contribution in [-0.2, 0) is 21.0 Å². The van der Waals surface area contributed by atoms with Gasteiger partial charge >= 0.3 is 57.4 Å². The molecule has 1 unspecified atom stereocenters. The fourth-order valence-corrected chi connectivity index (χ4v) is 1.45. The van der Waals surface area contributed by atoms with Crippen LogP contribution in [-0.4, -0.2) is 19.1 Å². The summed E-state index contributed by atoms with van der Waals surface area (Å²) >= 11 is 11.5. The van der Waals surface area contributed by atoms with E-state index in [0.717, 1.165) is 5.56 Å². The molecule has 1 aromatic carbocycles. The summed E-state index contributed by atoms with van der Waals surface area (Å²) in [5, 5.41) is 0.831. The smallest absolute Gasteiger partial charge is 0.665 e. The van der Waals surface area contributed by atoms with Gasteiger partial charge in [0.25, 0.3) is 0 Å². The molecule has 0 aliphatic heterocycles. The van der Waals surface area contributed by atoms with Gasteiger partial charge < -0.3 is 10.6 Å². The Kier molecular flexibility index (Phi) is 9.28. The SMILES string of the molecule is COOC(=O)C([NH-])Cc1ccc(Cl)c(Cl)c1.[K+]. The van der Waals surface area contributed by atoms with E-state index in [1.165, 1.54) is 7.11 Å². The van der Waals surface area contributed by atoms with Crippen LogP contribution in [0.2, 0.25) is 10.0 Å². The van der Waals surface area contributed by atoms with Gasteiger partial charge in [-0.05, 0) is 30.2 Å². The Morgan fingerprint density at radius 2 is 2.06 bits per heavy atom. The van der Waals surface area contributed by atoms with Crippen LogP contribution in [0.15, 0.2) is 18.2 Å². The van der Waals surface area contributed by atoms with Crippen LogP contribution in [0, 0.1) is 0 Å². The number of rotatable bonds is 4. The zero-order valence-corrected chi connectivity index (χ0v) is 14.1. The van der Waals surface area contributed by atoms with Crippen molar-refractivity contribution in [1.29, 1.82) is 0 Å². The van der Waals surface area contributed by atoms with Crippen LogP contribution in [0.25, 0.3) is 5.73 Å². The van der Waals surface area contributed by atoms with E-state index in [2.05, 4.69) is 9.78 Å². The fraction of sp³-hybridized carbons (Fsp3) is 0.300. The molecule has 0 aromatic heterocycles. The molecule has 17 heavy (non-hydrogen) atoms. The van der Waals surface area contributed by atoms with Gasteiger partial charge in [0, 0.05) is 0 Å². The summed E-state index contributed by atoms with van der Waals surface area (Å²) in [7, 11) is 1.21.